The van der Waals surface area contributed by atoms with Crippen molar-refractivity contribution in [2.75, 3.05) is 13.2 Å². The lowest BCUT2D eigenvalue weighted by Gasteiger charge is -2.22. The first-order valence-corrected chi connectivity index (χ1v) is 33.4. The molecule has 1 amide bonds. The molecule has 0 aliphatic rings. The predicted molar refractivity (Wildman–Crippen MR) is 320 cm³/mol. The van der Waals surface area contributed by atoms with Crippen LogP contribution in [0.3, 0.4) is 0 Å². The molecule has 2 unspecified atom stereocenters. The number of esters is 1. The third-order valence-corrected chi connectivity index (χ3v) is 15.8. The quantitative estimate of drug-likeness (QED) is 0.0320. The summed E-state index contributed by atoms with van der Waals surface area (Å²) in [5, 5.41) is 23.3. The molecule has 0 spiro atoms. The Kier molecular flexibility index (Phi) is 61.9. The number of hydrogen-bond donors (Lipinski definition) is 3. The highest BCUT2D eigenvalue weighted by Gasteiger charge is 2.20. The summed E-state index contributed by atoms with van der Waals surface area (Å²) >= 11 is 0. The van der Waals surface area contributed by atoms with Gasteiger partial charge >= 0.3 is 5.97 Å². The molecule has 6 heteroatoms. The molecule has 0 radical (unpaired) electrons. The molecule has 0 aromatic carbocycles. The van der Waals surface area contributed by atoms with Crippen LogP contribution in [0.5, 0.6) is 0 Å². The molecule has 2 atom stereocenters. The number of carbonyl (C=O) groups excluding carboxylic acids is 2. The van der Waals surface area contributed by atoms with Gasteiger partial charge in [0.2, 0.25) is 5.91 Å². The van der Waals surface area contributed by atoms with Gasteiger partial charge in [-0.1, -0.05) is 328 Å². The number of carbonyl (C=O) groups is 2. The second kappa shape index (κ2) is 63.1. The van der Waals surface area contributed by atoms with Gasteiger partial charge in [-0.3, -0.25) is 9.59 Å². The number of rotatable bonds is 63. The zero-order chi connectivity index (χ0) is 52.9. The Morgan fingerprint density at radius 2 is 0.644 bits per heavy atom. The van der Waals surface area contributed by atoms with Crippen molar-refractivity contribution in [3.05, 3.63) is 12.2 Å². The molecule has 0 bridgehead atoms. The highest BCUT2D eigenvalue weighted by Crippen LogP contribution is 2.19. The van der Waals surface area contributed by atoms with Gasteiger partial charge in [-0.05, 0) is 51.4 Å². The summed E-state index contributed by atoms with van der Waals surface area (Å²) in [7, 11) is 0. The van der Waals surface area contributed by atoms with Crippen LogP contribution in [0.4, 0.5) is 0 Å². The maximum atomic E-state index is 12.5. The molecule has 0 heterocycles. The molecule has 434 valence electrons. The van der Waals surface area contributed by atoms with Crippen molar-refractivity contribution in [1.29, 1.82) is 0 Å². The molecule has 0 aliphatic carbocycles. The number of nitrogens with one attached hydrogen (secondary N) is 1. The van der Waals surface area contributed by atoms with Crippen LogP contribution < -0.4 is 5.32 Å². The molecule has 0 rings (SSSR count). The molecule has 0 aromatic heterocycles. The van der Waals surface area contributed by atoms with Crippen LogP contribution in [0, 0.1) is 0 Å². The number of amides is 1. The van der Waals surface area contributed by atoms with E-state index in [4.69, 9.17) is 4.74 Å². The van der Waals surface area contributed by atoms with E-state index in [1.54, 1.807) is 0 Å². The minimum absolute atomic E-state index is 0.0173. The lowest BCUT2D eigenvalue weighted by Crippen LogP contribution is -2.45. The van der Waals surface area contributed by atoms with Crippen molar-refractivity contribution in [3.63, 3.8) is 0 Å². The maximum absolute atomic E-state index is 12.5. The van der Waals surface area contributed by atoms with Gasteiger partial charge in [-0.25, -0.2) is 0 Å². The third-order valence-electron chi connectivity index (χ3n) is 15.8. The summed E-state index contributed by atoms with van der Waals surface area (Å²) < 4.78 is 5.49. The fourth-order valence-corrected chi connectivity index (χ4v) is 10.7. The molecule has 73 heavy (non-hydrogen) atoms. The SMILES string of the molecule is CCCCCCCCCCCCCCCCCCC(O)C(CO)NC(=O)CCCCCCCCCCC/C=C\CCCCCCCCCCCCCCOC(=O)CCCCCCCCCCCCCCCCC. The van der Waals surface area contributed by atoms with Crippen molar-refractivity contribution in [1.82, 2.24) is 5.32 Å². The normalized spacial score (nSPS) is 12.5. The average molecular weight is 1030 g/mol. The van der Waals surface area contributed by atoms with Gasteiger partial charge in [0.05, 0.1) is 25.4 Å². The molecule has 0 fully saturated rings. The molecule has 3 N–H and O–H groups in total. The summed E-state index contributed by atoms with van der Waals surface area (Å²) in [4.78, 5) is 24.6. The van der Waals surface area contributed by atoms with E-state index >= 15 is 0 Å². The van der Waals surface area contributed by atoms with E-state index in [0.717, 1.165) is 38.5 Å². The second-order valence-electron chi connectivity index (χ2n) is 23.2. The fraction of sp³-hybridized carbons (Fsp3) is 0.940. The first-order chi connectivity index (χ1) is 36.0. The molecular weight excluding hydrogens is 899 g/mol. The Morgan fingerprint density at radius 1 is 0.370 bits per heavy atom. The zero-order valence-corrected chi connectivity index (χ0v) is 49.6. The van der Waals surface area contributed by atoms with E-state index in [0.29, 0.717) is 25.9 Å². The van der Waals surface area contributed by atoms with Gasteiger partial charge in [0.1, 0.15) is 0 Å². The number of hydrogen-bond acceptors (Lipinski definition) is 5. The van der Waals surface area contributed by atoms with Crippen LogP contribution in [-0.4, -0.2) is 47.4 Å². The molecule has 6 nitrogen and oxygen atoms in total. The first-order valence-electron chi connectivity index (χ1n) is 33.4. The Balaban J connectivity index is 3.38. The van der Waals surface area contributed by atoms with Crippen molar-refractivity contribution >= 4 is 11.9 Å². The van der Waals surface area contributed by atoms with Crippen LogP contribution in [0.2, 0.25) is 0 Å². The van der Waals surface area contributed by atoms with Crippen molar-refractivity contribution in [3.8, 4) is 0 Å². The molecular formula is C67H131NO5. The van der Waals surface area contributed by atoms with Crippen LogP contribution in [-0.2, 0) is 14.3 Å². The standard InChI is InChI=1S/C67H131NO5/c1-3-5-7-9-11-13-15-17-19-32-35-39-43-47-51-55-59-65(70)64(63-69)68-66(71)60-56-52-48-44-40-36-33-29-27-25-23-21-20-22-24-26-28-30-34-38-42-46-50-54-58-62-73-67(72)61-57-53-49-45-41-37-31-18-16-14-12-10-8-6-4-2/h21,23,64-65,69-70H,3-20,22,24-63H2,1-2H3,(H,68,71)/b23-21-. The minimum atomic E-state index is -0.665. The van der Waals surface area contributed by atoms with Crippen molar-refractivity contribution in [2.24, 2.45) is 0 Å². The lowest BCUT2D eigenvalue weighted by molar-refractivity contribution is -0.143. The highest BCUT2D eigenvalue weighted by atomic mass is 16.5. The third kappa shape index (κ3) is 59.7. The molecule has 0 aliphatic heterocycles. The summed E-state index contributed by atoms with van der Waals surface area (Å²) in [5.41, 5.74) is 0. The smallest absolute Gasteiger partial charge is 0.305 e. The molecule has 0 saturated carbocycles. The lowest BCUT2D eigenvalue weighted by atomic mass is 10.0. The van der Waals surface area contributed by atoms with Crippen LogP contribution in [0.15, 0.2) is 12.2 Å². The number of aliphatic hydroxyl groups excluding tert-OH is 2. The Hall–Kier alpha value is -1.40. The van der Waals surface area contributed by atoms with E-state index in [2.05, 4.69) is 31.3 Å². The minimum Gasteiger partial charge on any atom is -0.466 e. The summed E-state index contributed by atoms with van der Waals surface area (Å²) in [6.45, 7) is 4.99. The summed E-state index contributed by atoms with van der Waals surface area (Å²) in [6, 6.07) is -0.543. The largest absolute Gasteiger partial charge is 0.466 e. The predicted octanol–water partition coefficient (Wildman–Crippen LogP) is 21.2. The first kappa shape index (κ1) is 71.6. The maximum Gasteiger partial charge on any atom is 0.305 e. The van der Waals surface area contributed by atoms with Gasteiger partial charge in [0.25, 0.3) is 0 Å². The molecule has 0 aromatic rings. The van der Waals surface area contributed by atoms with E-state index in [1.165, 1.54) is 308 Å². The van der Waals surface area contributed by atoms with Crippen LogP contribution >= 0.6 is 0 Å². The van der Waals surface area contributed by atoms with Gasteiger partial charge in [0, 0.05) is 12.8 Å². The van der Waals surface area contributed by atoms with E-state index in [9.17, 15) is 19.8 Å². The van der Waals surface area contributed by atoms with Crippen LogP contribution in [0.25, 0.3) is 0 Å². The number of unbranched alkanes of at least 4 members (excludes halogenated alkanes) is 50. The van der Waals surface area contributed by atoms with Crippen molar-refractivity contribution < 1.29 is 24.5 Å². The second-order valence-corrected chi connectivity index (χ2v) is 23.2. The Labute approximate surface area is 457 Å². The van der Waals surface area contributed by atoms with Gasteiger partial charge in [-0.15, -0.1) is 0 Å². The van der Waals surface area contributed by atoms with E-state index in [-0.39, 0.29) is 18.5 Å². The highest BCUT2D eigenvalue weighted by molar-refractivity contribution is 5.76. The monoisotopic (exact) mass is 1030 g/mol. The van der Waals surface area contributed by atoms with Gasteiger partial charge in [-0.2, -0.15) is 0 Å². The van der Waals surface area contributed by atoms with Gasteiger partial charge < -0.3 is 20.3 Å². The molecule has 0 saturated heterocycles. The zero-order valence-electron chi connectivity index (χ0n) is 49.6. The van der Waals surface area contributed by atoms with Crippen molar-refractivity contribution in [2.45, 2.75) is 392 Å². The fourth-order valence-electron chi connectivity index (χ4n) is 10.7. The van der Waals surface area contributed by atoms with E-state index < -0.39 is 12.1 Å². The summed E-state index contributed by atoms with van der Waals surface area (Å²) in [5.74, 6) is -0.0175. The number of allylic oxidation sites excluding steroid dienone is 2. The topological polar surface area (TPSA) is 95.9 Å². The number of ether oxygens (including phenoxy) is 1. The van der Waals surface area contributed by atoms with Crippen LogP contribution in [0.1, 0.15) is 380 Å². The Morgan fingerprint density at radius 3 is 0.973 bits per heavy atom. The van der Waals surface area contributed by atoms with E-state index in [1.807, 2.05) is 0 Å². The Bertz CT molecular complexity index is 1100. The number of aliphatic hydroxyl groups is 2. The van der Waals surface area contributed by atoms with Gasteiger partial charge in [0.15, 0.2) is 0 Å². The summed E-state index contributed by atoms with van der Waals surface area (Å²) in [6.07, 6.45) is 76.7. The average Bonchev–Trinajstić information content (AvgIpc) is 3.39.